The predicted molar refractivity (Wildman–Crippen MR) is 107 cm³/mol. The lowest BCUT2D eigenvalue weighted by atomic mass is 9.84. The Hall–Kier alpha value is -1.84. The van der Waals surface area contributed by atoms with E-state index in [1.54, 1.807) is 0 Å². The summed E-state index contributed by atoms with van der Waals surface area (Å²) in [5.41, 5.74) is 4.46. The molecule has 0 aliphatic carbocycles. The zero-order valence-electron chi connectivity index (χ0n) is 15.8. The maximum Gasteiger partial charge on any atom is 0.0921 e. The van der Waals surface area contributed by atoms with E-state index in [1.807, 2.05) is 0 Å². The number of para-hydroxylation sites is 1. The Kier molecular flexibility index (Phi) is 5.01. The van der Waals surface area contributed by atoms with Gasteiger partial charge in [-0.3, -0.25) is 4.90 Å². The van der Waals surface area contributed by atoms with Crippen molar-refractivity contribution >= 4 is 5.69 Å². The molecule has 2 aliphatic rings. The van der Waals surface area contributed by atoms with E-state index in [2.05, 4.69) is 65.3 Å². The van der Waals surface area contributed by atoms with Gasteiger partial charge in [-0.05, 0) is 49.8 Å². The molecule has 26 heavy (non-hydrogen) atoms. The first kappa shape index (κ1) is 17.6. The summed E-state index contributed by atoms with van der Waals surface area (Å²) < 4.78 is 0. The molecule has 1 N–H and O–H groups in total. The fraction of sp³-hybridized carbons (Fsp3) is 0.478. The first-order valence-corrected chi connectivity index (χ1v) is 9.99. The number of benzene rings is 2. The molecule has 3 heteroatoms. The van der Waals surface area contributed by atoms with Crippen molar-refractivity contribution in [3.8, 4) is 0 Å². The second-order valence-corrected chi connectivity index (χ2v) is 8.00. The summed E-state index contributed by atoms with van der Waals surface area (Å²) in [5.74, 6) is 0. The number of aliphatic hydroxyl groups is 1. The summed E-state index contributed by atoms with van der Waals surface area (Å²) in [6.07, 6.45) is 4.23. The van der Waals surface area contributed by atoms with Crippen molar-refractivity contribution in [1.82, 2.24) is 4.90 Å². The Morgan fingerprint density at radius 2 is 1.65 bits per heavy atom. The summed E-state index contributed by atoms with van der Waals surface area (Å²) in [6.45, 7) is 7.33. The van der Waals surface area contributed by atoms with Crippen LogP contribution in [0.3, 0.4) is 0 Å². The molecule has 3 nitrogen and oxygen atoms in total. The molecule has 2 aliphatic heterocycles. The summed E-state index contributed by atoms with van der Waals surface area (Å²) in [7, 11) is 0. The van der Waals surface area contributed by atoms with Crippen LogP contribution in [-0.4, -0.2) is 36.2 Å². The average Bonchev–Trinajstić information content (AvgIpc) is 3.19. The number of hydrogen-bond donors (Lipinski definition) is 1. The minimum absolute atomic E-state index is 0.670. The van der Waals surface area contributed by atoms with Gasteiger partial charge in [-0.2, -0.15) is 0 Å². The van der Waals surface area contributed by atoms with Crippen LogP contribution in [0.15, 0.2) is 48.5 Å². The van der Waals surface area contributed by atoms with Crippen LogP contribution in [-0.2, 0) is 12.1 Å². The lowest BCUT2D eigenvalue weighted by molar-refractivity contribution is -0.0277. The second kappa shape index (κ2) is 7.42. The Bertz CT molecular complexity index is 743. The number of hydrogen-bond acceptors (Lipinski definition) is 3. The molecule has 0 radical (unpaired) electrons. The summed E-state index contributed by atoms with van der Waals surface area (Å²) in [4.78, 5) is 5.03. The molecule has 0 unspecified atom stereocenters. The zero-order valence-corrected chi connectivity index (χ0v) is 15.8. The quantitative estimate of drug-likeness (QED) is 0.900. The highest BCUT2D eigenvalue weighted by Crippen LogP contribution is 2.34. The molecular weight excluding hydrogens is 320 g/mol. The number of rotatable bonds is 4. The van der Waals surface area contributed by atoms with E-state index in [0.29, 0.717) is 0 Å². The minimum Gasteiger partial charge on any atom is -0.385 e. The standard InChI is InChI=1S/C23H30N2O/c1-19-7-6-9-21(17-19)23(26)11-15-24(16-12-23)18-20-8-2-3-10-22(20)25-13-4-5-14-25/h2-3,6-10,17,26H,4-5,11-16,18H2,1H3. The van der Waals surface area contributed by atoms with E-state index < -0.39 is 5.60 Å². The topological polar surface area (TPSA) is 26.7 Å². The average molecular weight is 351 g/mol. The fourth-order valence-corrected chi connectivity index (χ4v) is 4.46. The Labute approximate surface area is 157 Å². The number of piperidine rings is 1. The van der Waals surface area contributed by atoms with E-state index in [1.165, 1.54) is 42.7 Å². The highest BCUT2D eigenvalue weighted by molar-refractivity contribution is 5.54. The van der Waals surface area contributed by atoms with Crippen LogP contribution in [0.4, 0.5) is 5.69 Å². The van der Waals surface area contributed by atoms with Crippen LogP contribution < -0.4 is 4.90 Å². The molecule has 0 aromatic heterocycles. The Balaban J connectivity index is 1.43. The third-order valence-electron chi connectivity index (χ3n) is 6.07. The highest BCUT2D eigenvalue weighted by Gasteiger charge is 2.34. The lowest BCUT2D eigenvalue weighted by Gasteiger charge is -2.39. The maximum absolute atomic E-state index is 11.1. The van der Waals surface area contributed by atoms with E-state index in [-0.39, 0.29) is 0 Å². The number of aryl methyl sites for hydroxylation is 1. The van der Waals surface area contributed by atoms with Crippen LogP contribution in [0, 0.1) is 6.92 Å². The molecule has 4 rings (SSSR count). The van der Waals surface area contributed by atoms with Crippen molar-refractivity contribution in [2.24, 2.45) is 0 Å². The van der Waals surface area contributed by atoms with Crippen molar-refractivity contribution in [3.63, 3.8) is 0 Å². The van der Waals surface area contributed by atoms with E-state index in [4.69, 9.17) is 0 Å². The van der Waals surface area contributed by atoms with Crippen LogP contribution >= 0.6 is 0 Å². The molecule has 0 spiro atoms. The van der Waals surface area contributed by atoms with Crippen LogP contribution in [0.25, 0.3) is 0 Å². The van der Waals surface area contributed by atoms with Gasteiger partial charge in [-0.15, -0.1) is 0 Å². The van der Waals surface area contributed by atoms with Crippen molar-refractivity contribution in [3.05, 3.63) is 65.2 Å². The van der Waals surface area contributed by atoms with Gasteiger partial charge in [0.1, 0.15) is 0 Å². The summed E-state index contributed by atoms with van der Waals surface area (Å²) in [6, 6.07) is 17.2. The van der Waals surface area contributed by atoms with E-state index in [9.17, 15) is 5.11 Å². The smallest absolute Gasteiger partial charge is 0.0921 e. The SMILES string of the molecule is Cc1cccc(C2(O)CCN(Cc3ccccc3N3CCCC3)CC2)c1. The molecule has 0 saturated carbocycles. The van der Waals surface area contributed by atoms with E-state index >= 15 is 0 Å². The molecule has 0 bridgehead atoms. The van der Waals surface area contributed by atoms with Gasteiger partial charge in [0.15, 0.2) is 0 Å². The molecule has 0 amide bonds. The van der Waals surface area contributed by atoms with Crippen molar-refractivity contribution in [2.45, 2.75) is 44.8 Å². The van der Waals surface area contributed by atoms with Gasteiger partial charge in [0.25, 0.3) is 0 Å². The predicted octanol–water partition coefficient (Wildman–Crippen LogP) is 4.08. The van der Waals surface area contributed by atoms with Gasteiger partial charge in [0, 0.05) is 38.4 Å². The van der Waals surface area contributed by atoms with Crippen LogP contribution in [0.1, 0.15) is 42.4 Å². The summed E-state index contributed by atoms with van der Waals surface area (Å²) in [5, 5.41) is 11.1. The first-order chi connectivity index (χ1) is 12.6. The van der Waals surface area contributed by atoms with Crippen molar-refractivity contribution in [2.75, 3.05) is 31.1 Å². The van der Waals surface area contributed by atoms with Crippen molar-refractivity contribution in [1.29, 1.82) is 0 Å². The van der Waals surface area contributed by atoms with Gasteiger partial charge in [0.05, 0.1) is 5.60 Å². The number of likely N-dealkylation sites (tertiary alicyclic amines) is 1. The second-order valence-electron chi connectivity index (χ2n) is 8.00. The third kappa shape index (κ3) is 3.65. The van der Waals surface area contributed by atoms with Gasteiger partial charge >= 0.3 is 0 Å². The number of anilines is 1. The first-order valence-electron chi connectivity index (χ1n) is 9.99. The molecule has 2 aromatic rings. The molecule has 0 atom stereocenters. The Morgan fingerprint density at radius 3 is 2.38 bits per heavy atom. The van der Waals surface area contributed by atoms with Gasteiger partial charge in [-0.1, -0.05) is 48.0 Å². The molecule has 138 valence electrons. The largest absolute Gasteiger partial charge is 0.385 e. The fourth-order valence-electron chi connectivity index (χ4n) is 4.46. The zero-order chi connectivity index (χ0) is 18.0. The third-order valence-corrected chi connectivity index (χ3v) is 6.07. The molecule has 2 heterocycles. The number of nitrogens with zero attached hydrogens (tertiary/aromatic N) is 2. The van der Waals surface area contributed by atoms with Gasteiger partial charge in [-0.25, -0.2) is 0 Å². The van der Waals surface area contributed by atoms with Gasteiger partial charge < -0.3 is 10.0 Å². The molecule has 2 fully saturated rings. The van der Waals surface area contributed by atoms with Gasteiger partial charge in [0.2, 0.25) is 0 Å². The Morgan fingerprint density at radius 1 is 0.923 bits per heavy atom. The molecule has 2 saturated heterocycles. The van der Waals surface area contributed by atoms with E-state index in [0.717, 1.165) is 38.0 Å². The van der Waals surface area contributed by atoms with Crippen LogP contribution in [0.5, 0.6) is 0 Å². The molecular formula is C23H30N2O. The normalized spacial score (nSPS) is 20.5. The van der Waals surface area contributed by atoms with Crippen molar-refractivity contribution < 1.29 is 5.11 Å². The minimum atomic E-state index is -0.670. The summed E-state index contributed by atoms with van der Waals surface area (Å²) >= 11 is 0. The lowest BCUT2D eigenvalue weighted by Crippen LogP contribution is -2.42. The molecule has 2 aromatic carbocycles. The highest BCUT2D eigenvalue weighted by atomic mass is 16.3. The maximum atomic E-state index is 11.1. The monoisotopic (exact) mass is 350 g/mol. The van der Waals surface area contributed by atoms with Crippen LogP contribution in [0.2, 0.25) is 0 Å².